The number of halogens is 1. The first-order valence-corrected chi connectivity index (χ1v) is 15.4. The molecule has 8 heteroatoms. The zero-order valence-corrected chi connectivity index (χ0v) is 27.0. The summed E-state index contributed by atoms with van der Waals surface area (Å²) in [5.41, 5.74) is 4.52. The molecular formula is C36H42ClNO6. The van der Waals surface area contributed by atoms with Crippen LogP contribution in [0.1, 0.15) is 55.7 Å². The molecule has 1 saturated carbocycles. The molecule has 2 aliphatic carbocycles. The molecule has 3 aromatic rings. The predicted molar refractivity (Wildman–Crippen MR) is 174 cm³/mol. The van der Waals surface area contributed by atoms with E-state index in [0.29, 0.717) is 42.6 Å². The maximum Gasteiger partial charge on any atom is 0.331 e. The molecule has 1 fully saturated rings. The summed E-state index contributed by atoms with van der Waals surface area (Å²) in [6.07, 6.45) is 5.91. The zero-order chi connectivity index (χ0) is 31.3. The molecule has 0 aromatic heterocycles. The molecule has 0 unspecified atom stereocenters. The number of ether oxygens (including phenoxy) is 5. The van der Waals surface area contributed by atoms with Crippen LogP contribution in [0.25, 0.3) is 6.08 Å². The van der Waals surface area contributed by atoms with Gasteiger partial charge in [-0.05, 0) is 97.2 Å². The van der Waals surface area contributed by atoms with Gasteiger partial charge in [0.25, 0.3) is 0 Å². The van der Waals surface area contributed by atoms with Crippen molar-refractivity contribution in [1.82, 2.24) is 0 Å². The van der Waals surface area contributed by atoms with Crippen LogP contribution >= 0.6 is 11.6 Å². The van der Waals surface area contributed by atoms with Crippen molar-refractivity contribution in [2.45, 2.75) is 56.6 Å². The maximum atomic E-state index is 13.3. The van der Waals surface area contributed by atoms with Gasteiger partial charge in [-0.3, -0.25) is 0 Å². The average molecular weight is 620 g/mol. The van der Waals surface area contributed by atoms with Gasteiger partial charge in [-0.25, -0.2) is 4.79 Å². The Kier molecular flexibility index (Phi) is 9.76. The van der Waals surface area contributed by atoms with Gasteiger partial charge < -0.3 is 29.0 Å². The molecule has 1 atom stereocenters. The van der Waals surface area contributed by atoms with Gasteiger partial charge in [-0.1, -0.05) is 48.4 Å². The van der Waals surface area contributed by atoms with Gasteiger partial charge >= 0.3 is 5.97 Å². The Bertz CT molecular complexity index is 1490. The normalized spacial score (nSPS) is 21.3. The van der Waals surface area contributed by atoms with E-state index in [1.807, 2.05) is 48.5 Å². The summed E-state index contributed by atoms with van der Waals surface area (Å²) in [4.78, 5) is 13.3. The van der Waals surface area contributed by atoms with Crippen molar-refractivity contribution in [2.75, 3.05) is 40.4 Å². The maximum absolute atomic E-state index is 13.3. The number of methoxy groups -OCH3 is 4. The number of hydrogen-bond donors (Lipinski definition) is 1. The van der Waals surface area contributed by atoms with E-state index >= 15 is 0 Å². The van der Waals surface area contributed by atoms with Crippen LogP contribution in [0.5, 0.6) is 17.2 Å². The second kappa shape index (κ2) is 13.5. The Labute approximate surface area is 265 Å². The van der Waals surface area contributed by atoms with Gasteiger partial charge in [-0.15, -0.1) is 0 Å². The van der Waals surface area contributed by atoms with E-state index in [9.17, 15) is 4.79 Å². The van der Waals surface area contributed by atoms with Crippen LogP contribution in [0.3, 0.4) is 0 Å². The van der Waals surface area contributed by atoms with E-state index < -0.39 is 5.54 Å². The van der Waals surface area contributed by atoms with Gasteiger partial charge in [0.05, 0.1) is 35.0 Å². The van der Waals surface area contributed by atoms with Crippen LogP contribution in [-0.2, 0) is 26.3 Å². The van der Waals surface area contributed by atoms with Gasteiger partial charge in [0.15, 0.2) is 11.5 Å². The van der Waals surface area contributed by atoms with Gasteiger partial charge in [-0.2, -0.15) is 0 Å². The molecule has 1 spiro atoms. The topological polar surface area (TPSA) is 75.3 Å². The molecule has 7 nitrogen and oxygen atoms in total. The quantitative estimate of drug-likeness (QED) is 0.207. The fraction of sp³-hybridized carbons (Fsp3) is 0.417. The Morgan fingerprint density at radius 1 is 0.909 bits per heavy atom. The lowest BCUT2D eigenvalue weighted by Crippen LogP contribution is -2.52. The van der Waals surface area contributed by atoms with Crippen molar-refractivity contribution in [3.05, 3.63) is 87.9 Å². The molecule has 2 aliphatic rings. The van der Waals surface area contributed by atoms with Crippen molar-refractivity contribution >= 4 is 29.3 Å². The van der Waals surface area contributed by atoms with Gasteiger partial charge in [0.1, 0.15) is 11.3 Å². The van der Waals surface area contributed by atoms with Crippen LogP contribution in [0, 0.1) is 5.92 Å². The highest BCUT2D eigenvalue weighted by Crippen LogP contribution is 2.56. The summed E-state index contributed by atoms with van der Waals surface area (Å²) in [6, 6.07) is 19.6. The Hall–Kier alpha value is -3.68. The lowest BCUT2D eigenvalue weighted by molar-refractivity contribution is -0.147. The van der Waals surface area contributed by atoms with Crippen molar-refractivity contribution in [1.29, 1.82) is 0 Å². The van der Waals surface area contributed by atoms with Crippen LogP contribution in [0.2, 0.25) is 5.02 Å². The molecule has 0 saturated heterocycles. The third kappa shape index (κ3) is 6.40. The standard InChI is InChI=1S/C36H42ClNO6/c1-24(22-44-23-25-9-11-30(40-2)12-10-25)17-27-18-26-19-32(41-3)33(42-4)21-31(26)35(27)13-15-36(16-14-35,34(39)43-5)38-29-8-6-7-28(37)20-29/h6-12,18-21,24,38H,13-17,22-23H2,1-5H3/t24-,35?,36?/m1/s1. The molecule has 3 aromatic carbocycles. The fourth-order valence-corrected chi connectivity index (χ4v) is 7.02. The average Bonchev–Trinajstić information content (AvgIpc) is 3.32. The predicted octanol–water partition coefficient (Wildman–Crippen LogP) is 7.84. The van der Waals surface area contributed by atoms with E-state index in [4.69, 9.17) is 35.3 Å². The first kappa shape index (κ1) is 31.7. The largest absolute Gasteiger partial charge is 0.497 e. The highest BCUT2D eigenvalue weighted by Gasteiger charge is 2.52. The van der Waals surface area contributed by atoms with Crippen molar-refractivity contribution < 1.29 is 28.5 Å². The summed E-state index contributed by atoms with van der Waals surface area (Å²) in [5, 5.41) is 4.12. The molecule has 0 aliphatic heterocycles. The van der Waals surface area contributed by atoms with Crippen molar-refractivity contribution in [3.8, 4) is 17.2 Å². The Morgan fingerprint density at radius 2 is 1.61 bits per heavy atom. The third-order valence-corrected chi connectivity index (χ3v) is 9.39. The minimum absolute atomic E-state index is 0.243. The molecule has 234 valence electrons. The smallest absolute Gasteiger partial charge is 0.331 e. The number of fused-ring (bicyclic) bond motifs is 2. The number of allylic oxidation sites excluding steroid dienone is 1. The minimum atomic E-state index is -0.859. The molecule has 1 N–H and O–H groups in total. The number of carbonyl (C=O) groups excluding carboxylic acids is 1. The van der Waals surface area contributed by atoms with Crippen molar-refractivity contribution in [3.63, 3.8) is 0 Å². The number of benzene rings is 3. The minimum Gasteiger partial charge on any atom is -0.497 e. The van der Waals surface area contributed by atoms with Crippen molar-refractivity contribution in [2.24, 2.45) is 5.92 Å². The van der Waals surface area contributed by atoms with Crippen LogP contribution in [-0.4, -0.2) is 46.6 Å². The van der Waals surface area contributed by atoms with Gasteiger partial charge in [0, 0.05) is 22.7 Å². The van der Waals surface area contributed by atoms with E-state index in [1.54, 1.807) is 21.3 Å². The number of carbonyl (C=O) groups is 1. The number of nitrogens with one attached hydrogen (secondary N) is 1. The second-order valence-electron chi connectivity index (χ2n) is 11.9. The van der Waals surface area contributed by atoms with E-state index in [1.165, 1.54) is 18.2 Å². The Morgan fingerprint density at radius 3 is 2.25 bits per heavy atom. The lowest BCUT2D eigenvalue weighted by atomic mass is 9.61. The molecule has 44 heavy (non-hydrogen) atoms. The SMILES string of the molecule is COC(=O)C1(Nc2cccc(Cl)c2)CCC2(CC1)C(C[C@@H](C)COCc1ccc(OC)cc1)=Cc1cc(OC)c(OC)cc12. The third-order valence-electron chi connectivity index (χ3n) is 9.16. The van der Waals surface area contributed by atoms with Crippen LogP contribution < -0.4 is 19.5 Å². The number of anilines is 1. The molecule has 0 heterocycles. The van der Waals surface area contributed by atoms with Gasteiger partial charge in [0.2, 0.25) is 0 Å². The summed E-state index contributed by atoms with van der Waals surface area (Å²) in [6.45, 7) is 3.41. The Balaban J connectivity index is 1.38. The summed E-state index contributed by atoms with van der Waals surface area (Å²) in [5.74, 6) is 2.27. The highest BCUT2D eigenvalue weighted by atomic mass is 35.5. The zero-order valence-electron chi connectivity index (χ0n) is 26.2. The molecule has 0 amide bonds. The fourth-order valence-electron chi connectivity index (χ4n) is 6.83. The monoisotopic (exact) mass is 619 g/mol. The number of rotatable bonds is 12. The second-order valence-corrected chi connectivity index (χ2v) is 12.4. The molecular weight excluding hydrogens is 578 g/mol. The van der Waals surface area contributed by atoms with E-state index in [0.717, 1.165) is 41.8 Å². The summed E-state index contributed by atoms with van der Waals surface area (Å²) >= 11 is 6.28. The van der Waals surface area contributed by atoms with E-state index in [-0.39, 0.29) is 17.3 Å². The lowest BCUT2D eigenvalue weighted by Gasteiger charge is -2.46. The van der Waals surface area contributed by atoms with E-state index in [2.05, 4.69) is 30.4 Å². The molecule has 0 bridgehead atoms. The summed E-state index contributed by atoms with van der Waals surface area (Å²) < 4.78 is 28.2. The molecule has 0 radical (unpaired) electrons. The molecule has 5 rings (SSSR count). The highest BCUT2D eigenvalue weighted by molar-refractivity contribution is 6.30. The van der Waals surface area contributed by atoms with Crippen LogP contribution in [0.4, 0.5) is 5.69 Å². The number of esters is 1. The summed E-state index contributed by atoms with van der Waals surface area (Å²) in [7, 11) is 6.45. The first-order chi connectivity index (χ1) is 21.3. The number of hydrogen-bond acceptors (Lipinski definition) is 7. The first-order valence-electron chi connectivity index (χ1n) is 15.1. The van der Waals surface area contributed by atoms with Crippen LogP contribution in [0.15, 0.2) is 66.2 Å².